The van der Waals surface area contributed by atoms with Gasteiger partial charge in [0.15, 0.2) is 0 Å². The Kier molecular flexibility index (Phi) is 5.57. The van der Waals surface area contributed by atoms with Crippen LogP contribution in [0, 0.1) is 15.9 Å². The first-order valence-corrected chi connectivity index (χ1v) is 8.71. The Bertz CT molecular complexity index is 885. The molecular weight excluding hydrogens is 375 g/mol. The van der Waals surface area contributed by atoms with Crippen molar-refractivity contribution in [1.29, 1.82) is 0 Å². The Morgan fingerprint density at radius 2 is 1.89 bits per heavy atom. The molecule has 1 heterocycles. The van der Waals surface area contributed by atoms with Gasteiger partial charge in [-0.25, -0.2) is 4.39 Å². The molecule has 142 valence electrons. The third-order valence-corrected chi connectivity index (χ3v) is 4.77. The normalized spacial score (nSPS) is 14.9. The number of hydrogen-bond donors (Lipinski definition) is 1. The molecular formula is C18H18ClFN4O3. The molecule has 0 aliphatic carbocycles. The first kappa shape index (κ1) is 19.1. The minimum atomic E-state index is -0.559. The van der Waals surface area contributed by atoms with E-state index in [0.29, 0.717) is 18.8 Å². The molecule has 0 atom stereocenters. The fourth-order valence-corrected chi connectivity index (χ4v) is 3.13. The fourth-order valence-electron chi connectivity index (χ4n) is 2.91. The summed E-state index contributed by atoms with van der Waals surface area (Å²) in [6.07, 6.45) is 0. The predicted molar refractivity (Wildman–Crippen MR) is 102 cm³/mol. The van der Waals surface area contributed by atoms with Crippen LogP contribution in [0.1, 0.15) is 10.4 Å². The van der Waals surface area contributed by atoms with Crippen LogP contribution in [0.3, 0.4) is 0 Å². The van der Waals surface area contributed by atoms with Crippen LogP contribution in [0.5, 0.6) is 0 Å². The lowest BCUT2D eigenvalue weighted by Gasteiger charge is -2.33. The maximum absolute atomic E-state index is 13.1. The van der Waals surface area contributed by atoms with Crippen LogP contribution in [-0.2, 0) is 0 Å². The molecule has 1 saturated heterocycles. The lowest BCUT2D eigenvalue weighted by Crippen LogP contribution is -2.44. The van der Waals surface area contributed by atoms with Gasteiger partial charge >= 0.3 is 0 Å². The second kappa shape index (κ2) is 7.89. The molecule has 0 spiro atoms. The summed E-state index contributed by atoms with van der Waals surface area (Å²) in [5.74, 6) is -1.08. The Morgan fingerprint density at radius 1 is 1.19 bits per heavy atom. The highest BCUT2D eigenvalue weighted by molar-refractivity contribution is 6.33. The SMILES string of the molecule is CN1CCN(c2ccc(C(=O)Nc3ccc(F)cc3Cl)cc2[N+](=O)[O-])CC1. The molecule has 9 heteroatoms. The summed E-state index contributed by atoms with van der Waals surface area (Å²) in [5.41, 5.74) is 0.718. The number of nitro benzene ring substituents is 1. The lowest BCUT2D eigenvalue weighted by atomic mass is 10.1. The number of nitro groups is 1. The van der Waals surface area contributed by atoms with E-state index in [2.05, 4.69) is 10.2 Å². The summed E-state index contributed by atoms with van der Waals surface area (Å²) >= 11 is 5.91. The Balaban J connectivity index is 1.85. The van der Waals surface area contributed by atoms with Crippen molar-refractivity contribution in [2.24, 2.45) is 0 Å². The number of nitrogens with zero attached hydrogens (tertiary/aromatic N) is 3. The van der Waals surface area contributed by atoms with Crippen LogP contribution in [0.2, 0.25) is 5.02 Å². The van der Waals surface area contributed by atoms with Gasteiger partial charge in [-0.2, -0.15) is 0 Å². The van der Waals surface area contributed by atoms with Crippen LogP contribution in [0.25, 0.3) is 0 Å². The summed E-state index contributed by atoms with van der Waals surface area (Å²) in [6.45, 7) is 2.97. The van der Waals surface area contributed by atoms with Crippen molar-refractivity contribution in [2.45, 2.75) is 0 Å². The zero-order valence-corrected chi connectivity index (χ0v) is 15.4. The average Bonchev–Trinajstić information content (AvgIpc) is 2.64. The van der Waals surface area contributed by atoms with Gasteiger partial charge in [0.05, 0.1) is 15.6 Å². The van der Waals surface area contributed by atoms with Crippen molar-refractivity contribution in [1.82, 2.24) is 4.90 Å². The minimum absolute atomic E-state index is 0.0481. The van der Waals surface area contributed by atoms with Gasteiger partial charge in [0.1, 0.15) is 11.5 Å². The summed E-state index contributed by atoms with van der Waals surface area (Å²) < 4.78 is 13.1. The molecule has 27 heavy (non-hydrogen) atoms. The smallest absolute Gasteiger partial charge is 0.293 e. The van der Waals surface area contributed by atoms with E-state index < -0.39 is 16.6 Å². The molecule has 0 bridgehead atoms. The molecule has 1 aliphatic rings. The molecule has 2 aromatic carbocycles. The van der Waals surface area contributed by atoms with E-state index >= 15 is 0 Å². The molecule has 0 aromatic heterocycles. The largest absolute Gasteiger partial charge is 0.363 e. The molecule has 0 saturated carbocycles. The third-order valence-electron chi connectivity index (χ3n) is 4.46. The highest BCUT2D eigenvalue weighted by Gasteiger charge is 2.24. The molecule has 1 amide bonds. The van der Waals surface area contributed by atoms with Crippen LogP contribution in [0.4, 0.5) is 21.5 Å². The number of halogens is 2. The van der Waals surface area contributed by atoms with Crippen molar-refractivity contribution in [3.63, 3.8) is 0 Å². The van der Waals surface area contributed by atoms with Gasteiger partial charge in [-0.15, -0.1) is 0 Å². The number of anilines is 2. The van der Waals surface area contributed by atoms with Gasteiger partial charge in [0, 0.05) is 37.8 Å². The van der Waals surface area contributed by atoms with Gasteiger partial charge < -0.3 is 15.1 Å². The predicted octanol–water partition coefficient (Wildman–Crippen LogP) is 3.39. The molecule has 2 aromatic rings. The number of carbonyl (C=O) groups excluding carboxylic acids is 1. The van der Waals surface area contributed by atoms with E-state index in [1.54, 1.807) is 6.07 Å². The zero-order chi connectivity index (χ0) is 19.6. The highest BCUT2D eigenvalue weighted by atomic mass is 35.5. The van der Waals surface area contributed by atoms with E-state index in [4.69, 9.17) is 11.6 Å². The number of rotatable bonds is 4. The second-order valence-electron chi connectivity index (χ2n) is 6.33. The number of piperazine rings is 1. The maximum atomic E-state index is 13.1. The van der Waals surface area contributed by atoms with E-state index in [1.165, 1.54) is 24.3 Å². The Morgan fingerprint density at radius 3 is 2.52 bits per heavy atom. The molecule has 0 radical (unpaired) electrons. The zero-order valence-electron chi connectivity index (χ0n) is 14.6. The Hall–Kier alpha value is -2.71. The first-order valence-electron chi connectivity index (χ1n) is 8.33. The van der Waals surface area contributed by atoms with Crippen LogP contribution in [0.15, 0.2) is 36.4 Å². The van der Waals surface area contributed by atoms with Crippen LogP contribution < -0.4 is 10.2 Å². The van der Waals surface area contributed by atoms with E-state index in [1.807, 2.05) is 11.9 Å². The van der Waals surface area contributed by atoms with Crippen molar-refractivity contribution < 1.29 is 14.1 Å². The molecule has 3 rings (SSSR count). The Labute approximate surface area is 160 Å². The average molecular weight is 393 g/mol. The van der Waals surface area contributed by atoms with Crippen LogP contribution in [-0.4, -0.2) is 49.0 Å². The fraction of sp³-hybridized carbons (Fsp3) is 0.278. The minimum Gasteiger partial charge on any atom is -0.363 e. The lowest BCUT2D eigenvalue weighted by molar-refractivity contribution is -0.384. The highest BCUT2D eigenvalue weighted by Crippen LogP contribution is 2.31. The maximum Gasteiger partial charge on any atom is 0.293 e. The van der Waals surface area contributed by atoms with E-state index in [0.717, 1.165) is 19.2 Å². The second-order valence-corrected chi connectivity index (χ2v) is 6.74. The summed E-state index contributed by atoms with van der Waals surface area (Å²) in [7, 11) is 2.00. The van der Waals surface area contributed by atoms with E-state index in [-0.39, 0.29) is 22.0 Å². The third kappa shape index (κ3) is 4.35. The van der Waals surface area contributed by atoms with Gasteiger partial charge in [-0.05, 0) is 37.4 Å². The number of benzene rings is 2. The quantitative estimate of drug-likeness (QED) is 0.637. The summed E-state index contributed by atoms with van der Waals surface area (Å²) in [5, 5.41) is 14.1. The summed E-state index contributed by atoms with van der Waals surface area (Å²) in [4.78, 5) is 27.6. The monoisotopic (exact) mass is 392 g/mol. The number of likely N-dealkylation sites (N-methyl/N-ethyl adjacent to an activating group) is 1. The standard InChI is InChI=1S/C18H18ClFN4O3/c1-22-6-8-23(9-7-22)16-5-2-12(10-17(16)24(26)27)18(25)21-15-4-3-13(20)11-14(15)19/h2-5,10-11H,6-9H2,1H3,(H,21,25). The molecule has 1 N–H and O–H groups in total. The number of amides is 1. The number of nitrogens with one attached hydrogen (secondary N) is 1. The number of carbonyl (C=O) groups is 1. The van der Waals surface area contributed by atoms with Crippen molar-refractivity contribution in [3.05, 3.63) is 62.9 Å². The topological polar surface area (TPSA) is 78.7 Å². The molecule has 1 fully saturated rings. The molecule has 0 unspecified atom stereocenters. The summed E-state index contributed by atoms with van der Waals surface area (Å²) in [6, 6.07) is 7.96. The van der Waals surface area contributed by atoms with Crippen molar-refractivity contribution in [3.8, 4) is 0 Å². The molecule has 1 aliphatic heterocycles. The van der Waals surface area contributed by atoms with Gasteiger partial charge in [-0.3, -0.25) is 14.9 Å². The van der Waals surface area contributed by atoms with E-state index in [9.17, 15) is 19.3 Å². The van der Waals surface area contributed by atoms with Gasteiger partial charge in [0.2, 0.25) is 0 Å². The number of hydrogen-bond acceptors (Lipinski definition) is 5. The van der Waals surface area contributed by atoms with Crippen molar-refractivity contribution in [2.75, 3.05) is 43.4 Å². The van der Waals surface area contributed by atoms with Crippen LogP contribution >= 0.6 is 11.6 Å². The van der Waals surface area contributed by atoms with Gasteiger partial charge in [-0.1, -0.05) is 11.6 Å². The first-order chi connectivity index (χ1) is 12.8. The molecule has 7 nitrogen and oxygen atoms in total. The van der Waals surface area contributed by atoms with Gasteiger partial charge in [0.25, 0.3) is 11.6 Å². The van der Waals surface area contributed by atoms with Crippen molar-refractivity contribution >= 4 is 34.6 Å².